The maximum Gasteiger partial charge on any atom is 0.416 e. The van der Waals surface area contributed by atoms with E-state index in [4.69, 9.17) is 4.74 Å². The van der Waals surface area contributed by atoms with Gasteiger partial charge in [-0.05, 0) is 31.0 Å². The Morgan fingerprint density at radius 3 is 2.71 bits per heavy atom. The van der Waals surface area contributed by atoms with Crippen LogP contribution in [0, 0.1) is 6.92 Å². The smallest absolute Gasteiger partial charge is 0.380 e. The molecule has 0 radical (unpaired) electrons. The monoisotopic (exact) mass is 302 g/mol. The van der Waals surface area contributed by atoms with Crippen molar-refractivity contribution in [2.24, 2.45) is 0 Å². The Labute approximate surface area is 120 Å². The van der Waals surface area contributed by atoms with E-state index in [1.165, 1.54) is 6.07 Å². The normalized spacial score (nSPS) is 22.3. The summed E-state index contributed by atoms with van der Waals surface area (Å²) < 4.78 is 43.2. The molecule has 0 saturated carbocycles. The number of alkyl halides is 3. The van der Waals surface area contributed by atoms with Crippen molar-refractivity contribution in [2.75, 3.05) is 19.0 Å². The van der Waals surface area contributed by atoms with Gasteiger partial charge in [0.2, 0.25) is 5.91 Å². The van der Waals surface area contributed by atoms with Crippen molar-refractivity contribution >= 4 is 11.6 Å². The summed E-state index contributed by atoms with van der Waals surface area (Å²) in [5.41, 5.74) is -0.0207. The number of rotatable bonds is 3. The second kappa shape index (κ2) is 6.03. The molecule has 4 nitrogen and oxygen atoms in total. The lowest BCUT2D eigenvalue weighted by Crippen LogP contribution is -2.35. The van der Waals surface area contributed by atoms with Gasteiger partial charge in [0.1, 0.15) is 0 Å². The number of benzene rings is 1. The molecule has 1 aliphatic rings. The van der Waals surface area contributed by atoms with Crippen molar-refractivity contribution in [3.63, 3.8) is 0 Å². The van der Waals surface area contributed by atoms with Gasteiger partial charge >= 0.3 is 6.18 Å². The summed E-state index contributed by atoms with van der Waals surface area (Å²) in [4.78, 5) is 12.1. The quantitative estimate of drug-likeness (QED) is 0.901. The van der Waals surface area contributed by atoms with Crippen molar-refractivity contribution in [3.05, 3.63) is 29.3 Å². The predicted octanol–water partition coefficient (Wildman–Crippen LogP) is 2.33. The third kappa shape index (κ3) is 3.74. The number of amides is 1. The van der Waals surface area contributed by atoms with Crippen LogP contribution >= 0.6 is 0 Å². The van der Waals surface area contributed by atoms with Crippen LogP contribution in [0.2, 0.25) is 0 Å². The fraction of sp³-hybridized carbons (Fsp3) is 0.500. The largest absolute Gasteiger partial charge is 0.416 e. The summed E-state index contributed by atoms with van der Waals surface area (Å²) in [5, 5.41) is 5.53. The molecule has 2 unspecified atom stereocenters. The third-order valence-corrected chi connectivity index (χ3v) is 3.56. The van der Waals surface area contributed by atoms with Gasteiger partial charge in [0.25, 0.3) is 0 Å². The number of carbonyl (C=O) groups is 1. The fourth-order valence-electron chi connectivity index (χ4n) is 2.24. The van der Waals surface area contributed by atoms with Crippen LogP contribution < -0.4 is 10.6 Å². The molecule has 1 aromatic rings. The van der Waals surface area contributed by atoms with E-state index in [1.807, 2.05) is 0 Å². The second-order valence-electron chi connectivity index (χ2n) is 5.07. The van der Waals surface area contributed by atoms with E-state index in [9.17, 15) is 18.0 Å². The second-order valence-corrected chi connectivity index (χ2v) is 5.07. The molecule has 0 aromatic heterocycles. The number of nitrogens with one attached hydrogen (secondary N) is 2. The molecule has 0 bridgehead atoms. The molecule has 1 aromatic carbocycles. The summed E-state index contributed by atoms with van der Waals surface area (Å²) >= 11 is 0. The molecular formula is C14H17F3N2O2. The van der Waals surface area contributed by atoms with Gasteiger partial charge < -0.3 is 15.4 Å². The molecule has 1 saturated heterocycles. The lowest BCUT2D eigenvalue weighted by Gasteiger charge is -2.15. The molecule has 1 fully saturated rings. The molecule has 2 atom stereocenters. The molecule has 1 amide bonds. The predicted molar refractivity (Wildman–Crippen MR) is 72.0 cm³/mol. The first-order valence-electron chi connectivity index (χ1n) is 6.56. The number of aryl methyl sites for hydroxylation is 1. The van der Waals surface area contributed by atoms with Crippen LogP contribution in [0.25, 0.3) is 0 Å². The first-order valence-corrected chi connectivity index (χ1v) is 6.56. The lowest BCUT2D eigenvalue weighted by atomic mass is 10.1. The van der Waals surface area contributed by atoms with Gasteiger partial charge in [0, 0.05) is 19.3 Å². The number of methoxy groups -OCH3 is 1. The van der Waals surface area contributed by atoms with E-state index in [2.05, 4.69) is 10.6 Å². The highest BCUT2D eigenvalue weighted by Crippen LogP contribution is 2.32. The first kappa shape index (κ1) is 15.8. The van der Waals surface area contributed by atoms with Crippen molar-refractivity contribution in [1.29, 1.82) is 0 Å². The van der Waals surface area contributed by atoms with Gasteiger partial charge in [0.05, 0.1) is 17.7 Å². The molecule has 2 N–H and O–H groups in total. The topological polar surface area (TPSA) is 50.4 Å². The van der Waals surface area contributed by atoms with E-state index < -0.39 is 17.8 Å². The van der Waals surface area contributed by atoms with Crippen LogP contribution in [-0.4, -0.2) is 31.7 Å². The van der Waals surface area contributed by atoms with Crippen molar-refractivity contribution in [2.45, 2.75) is 31.7 Å². The van der Waals surface area contributed by atoms with Gasteiger partial charge in [0.15, 0.2) is 0 Å². The van der Waals surface area contributed by atoms with E-state index in [0.717, 1.165) is 12.1 Å². The summed E-state index contributed by atoms with van der Waals surface area (Å²) in [5.74, 6) is -0.350. The lowest BCUT2D eigenvalue weighted by molar-refractivity contribution is -0.137. The number of hydrogen-bond donors (Lipinski definition) is 2. The number of ether oxygens (including phenoxy) is 1. The van der Waals surface area contributed by atoms with Gasteiger partial charge in [-0.2, -0.15) is 13.2 Å². The molecule has 7 heteroatoms. The zero-order valence-corrected chi connectivity index (χ0v) is 11.8. The highest BCUT2D eigenvalue weighted by atomic mass is 19.4. The van der Waals surface area contributed by atoms with E-state index in [1.54, 1.807) is 14.0 Å². The highest BCUT2D eigenvalue weighted by molar-refractivity contribution is 5.95. The molecule has 1 heterocycles. The fourth-order valence-corrected chi connectivity index (χ4v) is 2.24. The van der Waals surface area contributed by atoms with E-state index in [0.29, 0.717) is 18.5 Å². The Morgan fingerprint density at radius 2 is 2.14 bits per heavy atom. The molecule has 1 aliphatic heterocycles. The minimum absolute atomic E-state index is 0.0524. The molecule has 21 heavy (non-hydrogen) atoms. The average molecular weight is 302 g/mol. The Hall–Kier alpha value is -1.60. The summed E-state index contributed by atoms with van der Waals surface area (Å²) in [6.07, 6.45) is -3.98. The summed E-state index contributed by atoms with van der Waals surface area (Å²) in [6.45, 7) is 2.20. The number of hydrogen-bond acceptors (Lipinski definition) is 3. The third-order valence-electron chi connectivity index (χ3n) is 3.56. The maximum absolute atomic E-state index is 12.7. The van der Waals surface area contributed by atoms with E-state index >= 15 is 0 Å². The first-order chi connectivity index (χ1) is 9.81. The van der Waals surface area contributed by atoms with E-state index in [-0.39, 0.29) is 17.7 Å². The van der Waals surface area contributed by atoms with Gasteiger partial charge in [-0.1, -0.05) is 6.07 Å². The van der Waals surface area contributed by atoms with Crippen molar-refractivity contribution < 1.29 is 22.7 Å². The standard InChI is InChI=1S/C14H17F3N2O2/c1-8-3-4-9(14(15,16)17)5-11(8)19-13(20)12-6-10(21-2)7-18-12/h3-5,10,12,18H,6-7H2,1-2H3,(H,19,20). The molecule has 2 rings (SSSR count). The van der Waals surface area contributed by atoms with Gasteiger partial charge in [-0.25, -0.2) is 0 Å². The summed E-state index contributed by atoms with van der Waals surface area (Å²) in [7, 11) is 1.56. The van der Waals surface area contributed by atoms with Crippen LogP contribution in [0.1, 0.15) is 17.5 Å². The Kier molecular flexibility index (Phi) is 4.53. The average Bonchev–Trinajstić information content (AvgIpc) is 2.88. The Morgan fingerprint density at radius 1 is 1.43 bits per heavy atom. The number of anilines is 1. The zero-order chi connectivity index (χ0) is 15.6. The molecule has 0 spiro atoms. The molecular weight excluding hydrogens is 285 g/mol. The van der Waals surface area contributed by atoms with Crippen LogP contribution in [0.3, 0.4) is 0 Å². The SMILES string of the molecule is COC1CNC(C(=O)Nc2cc(C(F)(F)F)ccc2C)C1. The molecule has 116 valence electrons. The van der Waals surface area contributed by atoms with Crippen LogP contribution in [0.15, 0.2) is 18.2 Å². The highest BCUT2D eigenvalue weighted by Gasteiger charge is 2.32. The Balaban J connectivity index is 2.10. The van der Waals surface area contributed by atoms with Crippen LogP contribution in [0.4, 0.5) is 18.9 Å². The zero-order valence-electron chi connectivity index (χ0n) is 11.8. The van der Waals surface area contributed by atoms with Crippen molar-refractivity contribution in [1.82, 2.24) is 5.32 Å². The van der Waals surface area contributed by atoms with Gasteiger partial charge in [-0.3, -0.25) is 4.79 Å². The minimum atomic E-state index is -4.43. The number of halogens is 3. The maximum atomic E-state index is 12.7. The minimum Gasteiger partial charge on any atom is -0.380 e. The van der Waals surface area contributed by atoms with Crippen LogP contribution in [-0.2, 0) is 15.7 Å². The number of carbonyl (C=O) groups excluding carboxylic acids is 1. The van der Waals surface area contributed by atoms with Crippen molar-refractivity contribution in [3.8, 4) is 0 Å². The van der Waals surface area contributed by atoms with Crippen LogP contribution in [0.5, 0.6) is 0 Å². The summed E-state index contributed by atoms with van der Waals surface area (Å²) in [6, 6.07) is 2.85. The Bertz CT molecular complexity index is 531. The molecule has 0 aliphatic carbocycles. The van der Waals surface area contributed by atoms with Gasteiger partial charge in [-0.15, -0.1) is 0 Å².